The van der Waals surface area contributed by atoms with Crippen molar-refractivity contribution in [1.82, 2.24) is 0 Å². The van der Waals surface area contributed by atoms with Gasteiger partial charge in [-0.05, 0) is 61.5 Å². The highest BCUT2D eigenvalue weighted by Crippen LogP contribution is 2.59. The summed E-state index contributed by atoms with van der Waals surface area (Å²) in [5, 5.41) is 3.77. The Kier molecular flexibility index (Phi) is 3.24. The Morgan fingerprint density at radius 3 is 2.67 bits per heavy atom. The second-order valence-electron chi connectivity index (χ2n) is 6.97. The van der Waals surface area contributed by atoms with Crippen LogP contribution >= 0.6 is 0 Å². The highest BCUT2D eigenvalue weighted by atomic mass is 16.5. The lowest BCUT2D eigenvalue weighted by Gasteiger charge is -2.33. The van der Waals surface area contributed by atoms with Crippen molar-refractivity contribution in [2.24, 2.45) is 23.7 Å². The Labute approximate surface area is 127 Å². The van der Waals surface area contributed by atoms with Gasteiger partial charge in [-0.3, -0.25) is 0 Å². The van der Waals surface area contributed by atoms with E-state index in [9.17, 15) is 0 Å². The highest BCUT2D eigenvalue weighted by molar-refractivity contribution is 5.60. The predicted molar refractivity (Wildman–Crippen MR) is 84.0 cm³/mol. The number of hydrogen-bond donors (Lipinski definition) is 1. The van der Waals surface area contributed by atoms with E-state index in [2.05, 4.69) is 11.4 Å². The Morgan fingerprint density at radius 2 is 1.86 bits per heavy atom. The predicted octanol–water partition coefficient (Wildman–Crippen LogP) is 3.94. The lowest BCUT2D eigenvalue weighted by molar-refractivity contribution is 0.243. The van der Waals surface area contributed by atoms with E-state index in [-0.39, 0.29) is 0 Å². The molecule has 3 aliphatic carbocycles. The van der Waals surface area contributed by atoms with Gasteiger partial charge < -0.3 is 14.8 Å². The normalized spacial score (nSPS) is 36.6. The summed E-state index contributed by atoms with van der Waals surface area (Å²) in [5.74, 6) is 5.68. The minimum absolute atomic E-state index is 0.621. The molecule has 0 radical (unpaired) electrons. The second-order valence-corrected chi connectivity index (χ2v) is 6.97. The summed E-state index contributed by atoms with van der Waals surface area (Å²) in [6.45, 7) is 0. The Balaban J connectivity index is 1.54. The number of anilines is 1. The maximum absolute atomic E-state index is 5.50. The van der Waals surface area contributed by atoms with Crippen LogP contribution in [0.2, 0.25) is 0 Å². The van der Waals surface area contributed by atoms with E-state index >= 15 is 0 Å². The number of nitrogens with one attached hydrogen (secondary N) is 1. The third-order valence-electron chi connectivity index (χ3n) is 6.18. The summed E-state index contributed by atoms with van der Waals surface area (Å²) in [5.41, 5.74) is 1.09. The van der Waals surface area contributed by atoms with Gasteiger partial charge in [-0.1, -0.05) is 6.42 Å². The van der Waals surface area contributed by atoms with Gasteiger partial charge in [0.05, 0.1) is 19.9 Å². The number of hydrogen-bond acceptors (Lipinski definition) is 3. The number of rotatable bonds is 4. The summed E-state index contributed by atoms with van der Waals surface area (Å²) in [4.78, 5) is 0. The van der Waals surface area contributed by atoms with Gasteiger partial charge in [0.25, 0.3) is 0 Å². The molecule has 3 fully saturated rings. The van der Waals surface area contributed by atoms with Crippen LogP contribution in [0.3, 0.4) is 0 Å². The first-order chi connectivity index (χ1) is 10.3. The van der Waals surface area contributed by atoms with E-state index in [0.717, 1.165) is 40.9 Å². The first kappa shape index (κ1) is 13.3. The molecule has 0 saturated heterocycles. The van der Waals surface area contributed by atoms with Crippen LogP contribution in [0.5, 0.6) is 11.5 Å². The molecule has 114 valence electrons. The van der Waals surface area contributed by atoms with Crippen LogP contribution in [0.1, 0.15) is 32.1 Å². The van der Waals surface area contributed by atoms with Crippen LogP contribution in [-0.4, -0.2) is 20.3 Å². The molecule has 3 heteroatoms. The minimum atomic E-state index is 0.621. The summed E-state index contributed by atoms with van der Waals surface area (Å²) < 4.78 is 10.9. The Hall–Kier alpha value is -1.38. The zero-order valence-electron chi connectivity index (χ0n) is 13.0. The molecule has 4 rings (SSSR count). The third kappa shape index (κ3) is 2.09. The van der Waals surface area contributed by atoms with Gasteiger partial charge in [0, 0.05) is 12.1 Å². The van der Waals surface area contributed by atoms with E-state index in [1.807, 2.05) is 12.1 Å². The van der Waals surface area contributed by atoms with Crippen LogP contribution in [0.25, 0.3) is 0 Å². The van der Waals surface area contributed by atoms with E-state index in [1.165, 1.54) is 32.1 Å². The van der Waals surface area contributed by atoms with Crippen LogP contribution in [-0.2, 0) is 0 Å². The molecular formula is C18H25NO2. The molecule has 21 heavy (non-hydrogen) atoms. The number of fused-ring (bicyclic) bond motifs is 5. The minimum Gasteiger partial charge on any atom is -0.497 e. The van der Waals surface area contributed by atoms with Crippen molar-refractivity contribution in [2.75, 3.05) is 19.5 Å². The fourth-order valence-electron chi connectivity index (χ4n) is 5.36. The number of methoxy groups -OCH3 is 2. The monoisotopic (exact) mass is 287 g/mol. The van der Waals surface area contributed by atoms with Crippen molar-refractivity contribution < 1.29 is 9.47 Å². The maximum Gasteiger partial charge on any atom is 0.142 e. The smallest absolute Gasteiger partial charge is 0.142 e. The van der Waals surface area contributed by atoms with Crippen molar-refractivity contribution in [2.45, 2.75) is 38.1 Å². The molecule has 1 aromatic rings. The molecule has 0 aliphatic heterocycles. The molecule has 3 saturated carbocycles. The van der Waals surface area contributed by atoms with E-state index in [1.54, 1.807) is 14.2 Å². The van der Waals surface area contributed by atoms with Crippen LogP contribution in [0, 0.1) is 23.7 Å². The van der Waals surface area contributed by atoms with Gasteiger partial charge >= 0.3 is 0 Å². The van der Waals surface area contributed by atoms with Gasteiger partial charge in [-0.25, -0.2) is 0 Å². The average Bonchev–Trinajstić information content (AvgIpc) is 3.19. The molecule has 0 amide bonds. The molecule has 0 aromatic heterocycles. The molecule has 5 atom stereocenters. The van der Waals surface area contributed by atoms with E-state index < -0.39 is 0 Å². The fourth-order valence-corrected chi connectivity index (χ4v) is 5.36. The van der Waals surface area contributed by atoms with Crippen molar-refractivity contribution in [3.8, 4) is 11.5 Å². The quantitative estimate of drug-likeness (QED) is 0.910. The zero-order chi connectivity index (χ0) is 14.4. The van der Waals surface area contributed by atoms with Crippen molar-refractivity contribution in [1.29, 1.82) is 0 Å². The first-order valence-electron chi connectivity index (χ1n) is 8.28. The van der Waals surface area contributed by atoms with Crippen LogP contribution in [0.15, 0.2) is 18.2 Å². The molecule has 5 unspecified atom stereocenters. The summed E-state index contributed by atoms with van der Waals surface area (Å²) in [6.07, 6.45) is 7.18. The van der Waals surface area contributed by atoms with Gasteiger partial charge in [-0.2, -0.15) is 0 Å². The lowest BCUT2D eigenvalue weighted by atomic mass is 9.79. The zero-order valence-corrected chi connectivity index (χ0v) is 13.0. The molecule has 3 aliphatic rings. The molecule has 3 nitrogen and oxygen atoms in total. The van der Waals surface area contributed by atoms with Gasteiger partial charge in [0.1, 0.15) is 11.5 Å². The van der Waals surface area contributed by atoms with Gasteiger partial charge in [0.15, 0.2) is 0 Å². The van der Waals surface area contributed by atoms with E-state index in [4.69, 9.17) is 9.47 Å². The van der Waals surface area contributed by atoms with Crippen molar-refractivity contribution in [3.63, 3.8) is 0 Å². The fraction of sp³-hybridized carbons (Fsp3) is 0.667. The topological polar surface area (TPSA) is 30.5 Å². The maximum atomic E-state index is 5.50. The van der Waals surface area contributed by atoms with Crippen molar-refractivity contribution in [3.05, 3.63) is 18.2 Å². The molecule has 0 spiro atoms. The molecule has 2 bridgehead atoms. The van der Waals surface area contributed by atoms with Gasteiger partial charge in [0.2, 0.25) is 0 Å². The largest absolute Gasteiger partial charge is 0.497 e. The van der Waals surface area contributed by atoms with Crippen LogP contribution < -0.4 is 14.8 Å². The third-order valence-corrected chi connectivity index (χ3v) is 6.18. The molecule has 0 heterocycles. The summed E-state index contributed by atoms with van der Waals surface area (Å²) in [7, 11) is 3.45. The first-order valence-corrected chi connectivity index (χ1v) is 8.28. The molecule has 1 aromatic carbocycles. The SMILES string of the molecule is COc1ccc(OC)c(NC2CC3CC2C2CCCC32)c1. The number of ether oxygens (including phenoxy) is 2. The molecule has 1 N–H and O–H groups in total. The van der Waals surface area contributed by atoms with Gasteiger partial charge in [-0.15, -0.1) is 0 Å². The summed E-state index contributed by atoms with van der Waals surface area (Å²) in [6, 6.07) is 6.64. The summed E-state index contributed by atoms with van der Waals surface area (Å²) >= 11 is 0. The Morgan fingerprint density at radius 1 is 1.00 bits per heavy atom. The van der Waals surface area contributed by atoms with E-state index in [0.29, 0.717) is 6.04 Å². The molecular weight excluding hydrogens is 262 g/mol. The second kappa shape index (κ2) is 5.11. The van der Waals surface area contributed by atoms with Crippen molar-refractivity contribution >= 4 is 5.69 Å². The van der Waals surface area contributed by atoms with Crippen LogP contribution in [0.4, 0.5) is 5.69 Å². The number of benzene rings is 1. The highest BCUT2D eigenvalue weighted by Gasteiger charge is 2.53. The average molecular weight is 287 g/mol. The standard InChI is InChI=1S/C18H25NO2/c1-20-12-6-7-18(21-2)17(10-12)19-16-9-11-8-15(16)14-5-3-4-13(11)14/h6-7,10-11,13-16,19H,3-5,8-9H2,1-2H3. The lowest BCUT2D eigenvalue weighted by Crippen LogP contribution is -2.34. The Bertz CT molecular complexity index is 530.